The van der Waals surface area contributed by atoms with E-state index in [-0.39, 0.29) is 0 Å². The van der Waals surface area contributed by atoms with Crippen molar-refractivity contribution in [2.24, 2.45) is 0 Å². The minimum atomic E-state index is -0.469. The number of rotatable bonds is 2. The number of thiocarbonyl (C=S) groups is 1. The number of aliphatic hydroxyl groups is 1. The lowest BCUT2D eigenvalue weighted by molar-refractivity contribution is -0.114. The molecule has 0 saturated carbocycles. The molecule has 0 aromatic heterocycles. The monoisotopic (exact) mass is 104 g/mol. The maximum absolute atomic E-state index is 9.77. The van der Waals surface area contributed by atoms with E-state index in [9.17, 15) is 4.79 Å². The molecule has 0 aliphatic heterocycles. The van der Waals surface area contributed by atoms with Crippen molar-refractivity contribution in [3.8, 4) is 0 Å². The van der Waals surface area contributed by atoms with Crippen molar-refractivity contribution in [1.82, 2.24) is 0 Å². The molecule has 3 heteroatoms. The van der Waals surface area contributed by atoms with Gasteiger partial charge in [-0.05, 0) is 0 Å². The first-order valence-electron chi connectivity index (χ1n) is 1.40. The lowest BCUT2D eigenvalue weighted by Crippen LogP contribution is -2.01. The predicted molar refractivity (Wildman–Crippen MR) is 25.7 cm³/mol. The summed E-state index contributed by atoms with van der Waals surface area (Å²) in [7, 11) is 0. The van der Waals surface area contributed by atoms with Crippen LogP contribution >= 0.6 is 12.2 Å². The van der Waals surface area contributed by atoms with Crippen LogP contribution in [0, 0.1) is 0 Å². The summed E-state index contributed by atoms with van der Waals surface area (Å²) in [5, 5.41) is 8.80. The van der Waals surface area contributed by atoms with Gasteiger partial charge < -0.3 is 5.11 Å². The number of Topliss-reactive ketones (excluding diaryl/α,β-unsaturated/α-hetero) is 1. The van der Waals surface area contributed by atoms with Gasteiger partial charge in [-0.3, -0.25) is 4.79 Å². The highest BCUT2D eigenvalue weighted by Gasteiger charge is 1.85. The van der Waals surface area contributed by atoms with Gasteiger partial charge in [-0.1, -0.05) is 12.2 Å². The number of ketones is 1. The van der Waals surface area contributed by atoms with E-state index in [1.165, 1.54) is 0 Å². The highest BCUT2D eigenvalue weighted by Crippen LogP contribution is 1.58. The molecule has 0 unspecified atom stereocenters. The van der Waals surface area contributed by atoms with Crippen molar-refractivity contribution in [3.05, 3.63) is 0 Å². The van der Waals surface area contributed by atoms with Gasteiger partial charge >= 0.3 is 0 Å². The fourth-order valence-corrected chi connectivity index (χ4v) is 0.112. The van der Waals surface area contributed by atoms with E-state index in [0.29, 0.717) is 0 Å². The first kappa shape index (κ1) is 5.72. The maximum Gasteiger partial charge on any atom is 0.191 e. The highest BCUT2D eigenvalue weighted by atomic mass is 32.1. The van der Waals surface area contributed by atoms with E-state index >= 15 is 0 Å². The smallest absolute Gasteiger partial charge is 0.191 e. The van der Waals surface area contributed by atoms with Crippen LogP contribution in [0.5, 0.6) is 0 Å². The van der Waals surface area contributed by atoms with E-state index < -0.39 is 12.4 Å². The van der Waals surface area contributed by atoms with Crippen LogP contribution in [0.2, 0.25) is 0 Å². The molecular formula is C3H4O2S. The second kappa shape index (κ2) is 2.93. The molecule has 1 N–H and O–H groups in total. The molecule has 34 valence electrons. The number of hydrogen-bond acceptors (Lipinski definition) is 3. The lowest BCUT2D eigenvalue weighted by Gasteiger charge is -1.74. The van der Waals surface area contributed by atoms with Crippen molar-refractivity contribution in [2.75, 3.05) is 6.61 Å². The highest BCUT2D eigenvalue weighted by molar-refractivity contribution is 7.80. The standard InChI is InChI=1S/C3H4O2S/c4-1-3(5)2-6/h2,4H,1H2. The molecule has 0 aromatic rings. The molecule has 0 aromatic carbocycles. The molecule has 2 nitrogen and oxygen atoms in total. The summed E-state index contributed by atoms with van der Waals surface area (Å²) in [6, 6.07) is 0. The summed E-state index contributed by atoms with van der Waals surface area (Å²) in [4.78, 5) is 9.77. The molecule has 0 rings (SSSR count). The van der Waals surface area contributed by atoms with E-state index in [2.05, 4.69) is 12.2 Å². The van der Waals surface area contributed by atoms with Crippen LogP contribution in [0.15, 0.2) is 0 Å². The van der Waals surface area contributed by atoms with Crippen LogP contribution in [0.25, 0.3) is 0 Å². The Morgan fingerprint density at radius 2 is 2.50 bits per heavy atom. The second-order valence-electron chi connectivity index (χ2n) is 0.742. The Labute approximate surface area is 40.8 Å². The average Bonchev–Trinajstić information content (AvgIpc) is 1.65. The van der Waals surface area contributed by atoms with Gasteiger partial charge in [0, 0.05) is 5.37 Å². The quantitative estimate of drug-likeness (QED) is 0.482. The third-order valence-electron chi connectivity index (χ3n) is 0.287. The average molecular weight is 104 g/mol. The third-order valence-corrected chi connectivity index (χ3v) is 0.550. The minimum Gasteiger partial charge on any atom is -0.388 e. The minimum absolute atomic E-state index is 0.412. The Morgan fingerprint density at radius 3 is 2.50 bits per heavy atom. The van der Waals surface area contributed by atoms with Crippen molar-refractivity contribution in [1.29, 1.82) is 0 Å². The van der Waals surface area contributed by atoms with Crippen molar-refractivity contribution in [3.63, 3.8) is 0 Å². The summed E-state index contributed by atoms with van der Waals surface area (Å²) >= 11 is 4.14. The van der Waals surface area contributed by atoms with Crippen molar-refractivity contribution >= 4 is 23.4 Å². The number of carbonyl (C=O) groups is 1. The Hall–Kier alpha value is -0.280. The molecule has 0 aliphatic rings. The Kier molecular flexibility index (Phi) is 2.80. The first-order valence-corrected chi connectivity index (χ1v) is 1.87. The molecule has 0 spiro atoms. The number of hydrogen-bond donors (Lipinski definition) is 1. The van der Waals surface area contributed by atoms with Gasteiger partial charge in [0.15, 0.2) is 5.78 Å². The van der Waals surface area contributed by atoms with E-state index in [0.717, 1.165) is 5.37 Å². The van der Waals surface area contributed by atoms with E-state index in [1.54, 1.807) is 0 Å². The molecule has 0 atom stereocenters. The van der Waals surface area contributed by atoms with Crippen LogP contribution in [-0.4, -0.2) is 22.9 Å². The summed E-state index contributed by atoms with van der Waals surface area (Å²) in [5.74, 6) is -0.412. The Bertz CT molecular complexity index is 69.2. The second-order valence-corrected chi connectivity index (χ2v) is 0.978. The summed E-state index contributed by atoms with van der Waals surface area (Å²) in [6.07, 6.45) is 0. The maximum atomic E-state index is 9.77. The van der Waals surface area contributed by atoms with Crippen LogP contribution in [0.3, 0.4) is 0 Å². The van der Waals surface area contributed by atoms with Crippen LogP contribution in [0.1, 0.15) is 0 Å². The largest absolute Gasteiger partial charge is 0.388 e. The van der Waals surface area contributed by atoms with Gasteiger partial charge in [-0.15, -0.1) is 0 Å². The van der Waals surface area contributed by atoms with Gasteiger partial charge in [0.05, 0.1) is 0 Å². The molecule has 0 fully saturated rings. The normalized spacial score (nSPS) is 7.50. The molecule has 0 aliphatic carbocycles. The molecule has 0 amide bonds. The van der Waals surface area contributed by atoms with Gasteiger partial charge in [0.1, 0.15) is 6.61 Å². The molecular weight excluding hydrogens is 100 g/mol. The summed E-state index contributed by atoms with van der Waals surface area (Å²) in [5.41, 5.74) is 0. The zero-order valence-corrected chi connectivity index (χ0v) is 3.86. The summed E-state index contributed by atoms with van der Waals surface area (Å²) in [6.45, 7) is -0.469. The van der Waals surface area contributed by atoms with Crippen molar-refractivity contribution < 1.29 is 9.90 Å². The molecule has 0 saturated heterocycles. The van der Waals surface area contributed by atoms with Gasteiger partial charge in [-0.2, -0.15) is 0 Å². The first-order chi connectivity index (χ1) is 2.81. The van der Waals surface area contributed by atoms with Gasteiger partial charge in [0.25, 0.3) is 0 Å². The fourth-order valence-electron chi connectivity index (χ4n) is 0.0373. The Morgan fingerprint density at radius 1 is 2.00 bits per heavy atom. The van der Waals surface area contributed by atoms with E-state index in [1.807, 2.05) is 0 Å². The van der Waals surface area contributed by atoms with Crippen LogP contribution < -0.4 is 0 Å². The lowest BCUT2D eigenvalue weighted by atomic mass is 10.5. The Balaban J connectivity index is 3.23. The number of aliphatic hydroxyl groups excluding tert-OH is 1. The molecule has 6 heavy (non-hydrogen) atoms. The van der Waals surface area contributed by atoms with Crippen molar-refractivity contribution in [2.45, 2.75) is 0 Å². The molecule has 0 bridgehead atoms. The van der Waals surface area contributed by atoms with Crippen LogP contribution in [0.4, 0.5) is 0 Å². The fraction of sp³-hybridized carbons (Fsp3) is 0.333. The zero-order valence-electron chi connectivity index (χ0n) is 3.05. The summed E-state index contributed by atoms with van der Waals surface area (Å²) < 4.78 is 0. The third kappa shape index (κ3) is 1.99. The zero-order chi connectivity index (χ0) is 4.99. The number of carbonyl (C=O) groups excluding carboxylic acids is 1. The molecule has 0 heterocycles. The van der Waals surface area contributed by atoms with E-state index in [4.69, 9.17) is 5.11 Å². The van der Waals surface area contributed by atoms with Gasteiger partial charge in [-0.25, -0.2) is 0 Å². The molecule has 0 radical (unpaired) electrons. The predicted octanol–water partition coefficient (Wildman–Crippen LogP) is -0.453. The van der Waals surface area contributed by atoms with Crippen LogP contribution in [-0.2, 0) is 4.79 Å². The topological polar surface area (TPSA) is 37.3 Å². The SMILES string of the molecule is O=C(C=S)CO. The van der Waals surface area contributed by atoms with Gasteiger partial charge in [0.2, 0.25) is 0 Å².